The molecule has 0 saturated carbocycles. The highest BCUT2D eigenvalue weighted by Crippen LogP contribution is 2.30. The Balaban J connectivity index is 1.81. The Kier molecular flexibility index (Phi) is 12.7. The average Bonchev–Trinajstić information content (AvgIpc) is 3.01. The molecule has 0 heterocycles. The Morgan fingerprint density at radius 2 is 1.52 bits per heavy atom. The van der Waals surface area contributed by atoms with Gasteiger partial charge in [-0.25, -0.2) is 8.42 Å². The summed E-state index contributed by atoms with van der Waals surface area (Å²) in [6, 6.07) is 26.7. The lowest BCUT2D eigenvalue weighted by atomic mass is 10.0. The van der Waals surface area contributed by atoms with Gasteiger partial charge in [0, 0.05) is 34.0 Å². The summed E-state index contributed by atoms with van der Waals surface area (Å²) in [6.45, 7) is 3.79. The molecule has 0 aliphatic heterocycles. The predicted molar refractivity (Wildman–Crippen MR) is 189 cm³/mol. The molecule has 0 radical (unpaired) electrons. The van der Waals surface area contributed by atoms with E-state index in [2.05, 4.69) is 21.2 Å². The van der Waals surface area contributed by atoms with E-state index >= 15 is 0 Å². The van der Waals surface area contributed by atoms with Gasteiger partial charge in [-0.05, 0) is 66.9 Å². The van der Waals surface area contributed by atoms with Gasteiger partial charge in [0.1, 0.15) is 12.6 Å². The molecule has 46 heavy (non-hydrogen) atoms. The van der Waals surface area contributed by atoms with Crippen LogP contribution in [0.3, 0.4) is 0 Å². The number of hydrogen-bond acceptors (Lipinski definition) is 4. The molecule has 0 fully saturated rings. The van der Waals surface area contributed by atoms with Crippen molar-refractivity contribution in [1.29, 1.82) is 0 Å². The standard InChI is InChI=1S/C35H36BrCl2N3O4S/c1-3-4-17-39-35(43)33(19-26-9-6-5-7-10-26)40(23-27-11-8-12-28(36)18-27)34(42)24-41(31-21-29(37)20-30(38)22-31)46(44,45)32-15-13-25(2)14-16-32/h5-16,18,20-22,33H,3-4,17,19,23-24H2,1-2H3,(H,39,43)/t33-/m1/s1. The number of halogens is 3. The van der Waals surface area contributed by atoms with Crippen LogP contribution in [-0.2, 0) is 32.6 Å². The van der Waals surface area contributed by atoms with Gasteiger partial charge in [0.2, 0.25) is 11.8 Å². The van der Waals surface area contributed by atoms with Crippen LogP contribution in [0.4, 0.5) is 5.69 Å². The van der Waals surface area contributed by atoms with E-state index in [1.807, 2.05) is 68.4 Å². The Bertz CT molecular complexity index is 1740. The number of amides is 2. The third kappa shape index (κ3) is 9.58. The monoisotopic (exact) mass is 743 g/mol. The number of unbranched alkanes of at least 4 members (excludes halogenated alkanes) is 1. The lowest BCUT2D eigenvalue weighted by Gasteiger charge is -2.34. The first-order valence-electron chi connectivity index (χ1n) is 14.9. The average molecular weight is 746 g/mol. The van der Waals surface area contributed by atoms with Crippen molar-refractivity contribution in [3.05, 3.63) is 128 Å². The fraction of sp³-hybridized carbons (Fsp3) is 0.257. The largest absolute Gasteiger partial charge is 0.354 e. The van der Waals surface area contributed by atoms with Crippen molar-refractivity contribution >= 4 is 66.7 Å². The zero-order valence-electron chi connectivity index (χ0n) is 25.6. The smallest absolute Gasteiger partial charge is 0.264 e. The second-order valence-corrected chi connectivity index (χ2v) is 14.6. The van der Waals surface area contributed by atoms with Crippen molar-refractivity contribution in [2.75, 3.05) is 17.4 Å². The molecule has 4 aromatic carbocycles. The maximum atomic E-state index is 14.5. The van der Waals surface area contributed by atoms with Gasteiger partial charge in [0.25, 0.3) is 10.0 Å². The van der Waals surface area contributed by atoms with Gasteiger partial charge in [0.05, 0.1) is 10.6 Å². The molecule has 0 bridgehead atoms. The highest BCUT2D eigenvalue weighted by atomic mass is 79.9. The van der Waals surface area contributed by atoms with Gasteiger partial charge in [-0.2, -0.15) is 0 Å². The molecule has 0 aromatic heterocycles. The third-order valence-electron chi connectivity index (χ3n) is 7.37. The maximum Gasteiger partial charge on any atom is 0.264 e. The second kappa shape index (κ2) is 16.5. The number of nitrogens with one attached hydrogen (secondary N) is 1. The molecule has 0 spiro atoms. The number of rotatable bonds is 14. The number of benzene rings is 4. The summed E-state index contributed by atoms with van der Waals surface area (Å²) in [6.07, 6.45) is 1.89. The van der Waals surface area contributed by atoms with Crippen LogP contribution >= 0.6 is 39.1 Å². The normalized spacial score (nSPS) is 11.9. The number of nitrogens with zero attached hydrogens (tertiary/aromatic N) is 2. The Morgan fingerprint density at radius 3 is 2.15 bits per heavy atom. The Morgan fingerprint density at radius 1 is 0.870 bits per heavy atom. The minimum atomic E-state index is -4.27. The number of hydrogen-bond donors (Lipinski definition) is 1. The number of anilines is 1. The van der Waals surface area contributed by atoms with Crippen LogP contribution in [0.2, 0.25) is 10.0 Å². The molecule has 0 aliphatic carbocycles. The Labute approximate surface area is 289 Å². The van der Waals surface area contributed by atoms with E-state index in [1.54, 1.807) is 12.1 Å². The highest BCUT2D eigenvalue weighted by molar-refractivity contribution is 9.10. The minimum absolute atomic E-state index is 0.00122. The molecular weight excluding hydrogens is 709 g/mol. The highest BCUT2D eigenvalue weighted by Gasteiger charge is 2.34. The SMILES string of the molecule is CCCCNC(=O)[C@@H](Cc1ccccc1)N(Cc1cccc(Br)c1)C(=O)CN(c1cc(Cl)cc(Cl)c1)S(=O)(=O)c1ccc(C)cc1. The van der Waals surface area contributed by atoms with Gasteiger partial charge in [-0.3, -0.25) is 13.9 Å². The number of carbonyl (C=O) groups excluding carboxylic acids is 2. The Hall–Kier alpha value is -3.37. The molecule has 242 valence electrons. The van der Waals surface area contributed by atoms with Crippen LogP contribution in [-0.4, -0.2) is 44.3 Å². The van der Waals surface area contributed by atoms with E-state index in [1.165, 1.54) is 35.2 Å². The van der Waals surface area contributed by atoms with Crippen molar-refractivity contribution in [3.8, 4) is 0 Å². The summed E-state index contributed by atoms with van der Waals surface area (Å²) in [7, 11) is -4.27. The van der Waals surface area contributed by atoms with Crippen LogP contribution in [0.5, 0.6) is 0 Å². The third-order valence-corrected chi connectivity index (χ3v) is 10.1. The van der Waals surface area contributed by atoms with E-state index in [0.717, 1.165) is 38.3 Å². The first kappa shape index (κ1) is 35.5. The number of carbonyl (C=O) groups is 2. The summed E-state index contributed by atoms with van der Waals surface area (Å²) in [5, 5.41) is 3.41. The fourth-order valence-electron chi connectivity index (χ4n) is 4.94. The van der Waals surface area contributed by atoms with Gasteiger partial charge in [-0.15, -0.1) is 0 Å². The summed E-state index contributed by atoms with van der Waals surface area (Å²) >= 11 is 16.1. The number of sulfonamides is 1. The second-order valence-electron chi connectivity index (χ2n) is 11.0. The zero-order chi connectivity index (χ0) is 33.3. The first-order chi connectivity index (χ1) is 22.0. The molecular formula is C35H36BrCl2N3O4S. The van der Waals surface area contributed by atoms with Crippen molar-refractivity contribution in [3.63, 3.8) is 0 Å². The van der Waals surface area contributed by atoms with E-state index < -0.39 is 28.5 Å². The zero-order valence-corrected chi connectivity index (χ0v) is 29.5. The first-order valence-corrected chi connectivity index (χ1v) is 17.9. The van der Waals surface area contributed by atoms with E-state index in [0.29, 0.717) is 6.54 Å². The van der Waals surface area contributed by atoms with E-state index in [4.69, 9.17) is 23.2 Å². The van der Waals surface area contributed by atoms with Crippen LogP contribution < -0.4 is 9.62 Å². The minimum Gasteiger partial charge on any atom is -0.354 e. The molecule has 1 atom stereocenters. The summed E-state index contributed by atoms with van der Waals surface area (Å²) in [4.78, 5) is 29.8. The maximum absolute atomic E-state index is 14.5. The van der Waals surface area contributed by atoms with Gasteiger partial charge >= 0.3 is 0 Å². The summed E-state index contributed by atoms with van der Waals surface area (Å²) in [5.74, 6) is -0.891. The number of aryl methyl sites for hydroxylation is 1. The van der Waals surface area contributed by atoms with Crippen molar-refractivity contribution in [2.45, 2.75) is 50.6 Å². The van der Waals surface area contributed by atoms with E-state index in [-0.39, 0.29) is 39.5 Å². The van der Waals surface area contributed by atoms with Crippen molar-refractivity contribution in [1.82, 2.24) is 10.2 Å². The molecule has 1 N–H and O–H groups in total. The molecule has 11 heteroatoms. The van der Waals surface area contributed by atoms with Crippen LogP contribution in [0.15, 0.2) is 106 Å². The lowest BCUT2D eigenvalue weighted by molar-refractivity contribution is -0.140. The van der Waals surface area contributed by atoms with Crippen LogP contribution in [0, 0.1) is 6.92 Å². The van der Waals surface area contributed by atoms with Gasteiger partial charge in [-0.1, -0.05) is 113 Å². The van der Waals surface area contributed by atoms with Gasteiger partial charge in [0.15, 0.2) is 0 Å². The van der Waals surface area contributed by atoms with Crippen LogP contribution in [0.25, 0.3) is 0 Å². The topological polar surface area (TPSA) is 86.8 Å². The van der Waals surface area contributed by atoms with E-state index in [9.17, 15) is 18.0 Å². The predicted octanol–water partition coefficient (Wildman–Crippen LogP) is 7.82. The van der Waals surface area contributed by atoms with Crippen molar-refractivity contribution < 1.29 is 18.0 Å². The molecule has 4 rings (SSSR count). The van der Waals surface area contributed by atoms with Crippen LogP contribution in [0.1, 0.15) is 36.5 Å². The molecule has 4 aromatic rings. The quantitative estimate of drug-likeness (QED) is 0.134. The molecule has 0 aliphatic rings. The van der Waals surface area contributed by atoms with Gasteiger partial charge < -0.3 is 10.2 Å². The molecule has 0 saturated heterocycles. The summed E-state index contributed by atoms with van der Waals surface area (Å²) < 4.78 is 30.2. The summed E-state index contributed by atoms with van der Waals surface area (Å²) in [5.41, 5.74) is 2.63. The lowest BCUT2D eigenvalue weighted by Crippen LogP contribution is -2.53. The van der Waals surface area contributed by atoms with Crippen molar-refractivity contribution in [2.24, 2.45) is 0 Å². The molecule has 2 amide bonds. The fourth-order valence-corrected chi connectivity index (χ4v) is 7.30. The molecule has 0 unspecified atom stereocenters. The molecule has 7 nitrogen and oxygen atoms in total.